The molecule has 2 N–H and O–H groups in total. The van der Waals surface area contributed by atoms with E-state index in [0.717, 1.165) is 23.3 Å². The Hall–Kier alpha value is -4.90. The number of ether oxygens (including phenoxy) is 1. The third kappa shape index (κ3) is 9.13. The minimum absolute atomic E-state index is 0.0602. The summed E-state index contributed by atoms with van der Waals surface area (Å²) in [6.07, 6.45) is 0. The second-order valence-electron chi connectivity index (χ2n) is 10.6. The van der Waals surface area contributed by atoms with Crippen LogP contribution in [0.1, 0.15) is 22.7 Å². The van der Waals surface area contributed by atoms with Gasteiger partial charge >= 0.3 is 0 Å². The number of benzene rings is 5. The third-order valence-electron chi connectivity index (χ3n) is 7.27. The van der Waals surface area contributed by atoms with E-state index in [4.69, 9.17) is 27.9 Å². The van der Waals surface area contributed by atoms with Crippen molar-refractivity contribution in [1.29, 1.82) is 0 Å². The van der Waals surface area contributed by atoms with Gasteiger partial charge in [-0.3, -0.25) is 14.3 Å². The summed E-state index contributed by atoms with van der Waals surface area (Å²) in [7, 11) is -3.97. The number of carbonyl (C=O) groups is 2. The number of nitrogens with one attached hydrogen (secondary N) is 2. The van der Waals surface area contributed by atoms with Crippen LogP contribution in [0.4, 0.5) is 10.1 Å². The average Bonchev–Trinajstić information content (AvgIpc) is 3.09. The molecule has 246 valence electrons. The monoisotopic (exact) mass is 705 g/mol. The van der Waals surface area contributed by atoms with Crippen LogP contribution in [0.2, 0.25) is 10.0 Å². The van der Waals surface area contributed by atoms with E-state index in [1.54, 1.807) is 66.7 Å². The largest absolute Gasteiger partial charge is 0.484 e. The van der Waals surface area contributed by atoms with Gasteiger partial charge in [0.25, 0.3) is 15.9 Å². The smallest absolute Gasteiger partial charge is 0.261 e. The first-order valence-corrected chi connectivity index (χ1v) is 16.9. The molecule has 2 amide bonds. The molecule has 0 spiro atoms. The molecule has 0 aliphatic rings. The van der Waals surface area contributed by atoms with Crippen LogP contribution in [0.15, 0.2) is 132 Å². The summed E-state index contributed by atoms with van der Waals surface area (Å²) in [5, 5.41) is 3.95. The highest BCUT2D eigenvalue weighted by Gasteiger charge is 2.32. The van der Waals surface area contributed by atoms with Crippen molar-refractivity contribution in [1.82, 2.24) is 10.2 Å². The maximum atomic E-state index is 13.9. The number of hydrogen-bond donors (Lipinski definition) is 2. The molecule has 48 heavy (non-hydrogen) atoms. The van der Waals surface area contributed by atoms with Crippen LogP contribution in [0.5, 0.6) is 5.75 Å². The van der Waals surface area contributed by atoms with E-state index in [1.807, 2.05) is 12.1 Å². The minimum atomic E-state index is -3.97. The Bertz CT molecular complexity index is 1960. The fourth-order valence-electron chi connectivity index (χ4n) is 4.81. The Labute approximate surface area is 288 Å². The van der Waals surface area contributed by atoms with Crippen molar-refractivity contribution in [3.05, 3.63) is 160 Å². The molecule has 8 nitrogen and oxygen atoms in total. The SMILES string of the molecule is O=C(NCc1ccccc1Cl)[C@H](c1ccccc1)N(Cc1ccc(Cl)cc1)C(=O)COc1ccc(S(=O)(=O)Nc2ccc(F)cc2)cc1. The number of sulfonamides is 1. The van der Waals surface area contributed by atoms with Crippen molar-refractivity contribution in [2.24, 2.45) is 0 Å². The molecule has 0 aliphatic heterocycles. The van der Waals surface area contributed by atoms with Gasteiger partial charge in [0, 0.05) is 28.8 Å². The van der Waals surface area contributed by atoms with Crippen LogP contribution in [0.25, 0.3) is 0 Å². The highest BCUT2D eigenvalue weighted by Crippen LogP contribution is 2.26. The second kappa shape index (κ2) is 15.8. The van der Waals surface area contributed by atoms with Crippen molar-refractivity contribution >= 4 is 50.7 Å². The zero-order valence-corrected chi connectivity index (χ0v) is 27.7. The van der Waals surface area contributed by atoms with Crippen molar-refractivity contribution < 1.29 is 27.1 Å². The van der Waals surface area contributed by atoms with Crippen molar-refractivity contribution in [3.8, 4) is 5.75 Å². The summed E-state index contributed by atoms with van der Waals surface area (Å²) in [5.41, 5.74) is 2.24. The second-order valence-corrected chi connectivity index (χ2v) is 13.2. The molecular weight excluding hydrogens is 676 g/mol. The number of amides is 2. The van der Waals surface area contributed by atoms with Crippen molar-refractivity contribution in [2.45, 2.75) is 24.0 Å². The van der Waals surface area contributed by atoms with Crippen molar-refractivity contribution in [3.63, 3.8) is 0 Å². The van der Waals surface area contributed by atoms with Gasteiger partial charge in [-0.1, -0.05) is 83.9 Å². The summed E-state index contributed by atoms with van der Waals surface area (Å²) in [5.74, 6) is -1.18. The quantitative estimate of drug-likeness (QED) is 0.133. The Morgan fingerprint density at radius 1 is 0.792 bits per heavy atom. The van der Waals surface area contributed by atoms with E-state index >= 15 is 0 Å². The lowest BCUT2D eigenvalue weighted by Gasteiger charge is -2.31. The van der Waals surface area contributed by atoms with Gasteiger partial charge in [-0.25, -0.2) is 12.8 Å². The summed E-state index contributed by atoms with van der Waals surface area (Å²) >= 11 is 12.4. The molecule has 0 bridgehead atoms. The van der Waals surface area contributed by atoms with Crippen LogP contribution < -0.4 is 14.8 Å². The van der Waals surface area contributed by atoms with Gasteiger partial charge in [-0.15, -0.1) is 0 Å². The molecular formula is C36H30Cl2FN3O5S. The van der Waals surface area contributed by atoms with Gasteiger partial charge in [0.1, 0.15) is 17.6 Å². The minimum Gasteiger partial charge on any atom is -0.484 e. The molecule has 0 unspecified atom stereocenters. The van der Waals surface area contributed by atoms with Gasteiger partial charge in [-0.05, 0) is 83.4 Å². The summed E-state index contributed by atoms with van der Waals surface area (Å²) in [6.45, 7) is -0.244. The molecule has 0 radical (unpaired) electrons. The lowest BCUT2D eigenvalue weighted by Crippen LogP contribution is -2.45. The summed E-state index contributed by atoms with van der Waals surface area (Å²) in [4.78, 5) is 29.2. The number of hydrogen-bond acceptors (Lipinski definition) is 5. The Kier molecular flexibility index (Phi) is 11.3. The first-order chi connectivity index (χ1) is 23.1. The maximum absolute atomic E-state index is 13.9. The number of carbonyl (C=O) groups excluding carboxylic acids is 2. The van der Waals surface area contributed by atoms with Gasteiger partial charge in [0.15, 0.2) is 6.61 Å². The van der Waals surface area contributed by atoms with Crippen LogP contribution in [0.3, 0.4) is 0 Å². The summed E-state index contributed by atoms with van der Waals surface area (Å²) in [6, 6.07) is 32.4. The standard InChI is InChI=1S/C36H30Cl2FN3O5S/c37-28-12-10-25(11-13-28)23-42(35(26-6-2-1-3-7-26)36(44)40-22-27-8-4-5-9-33(27)38)34(43)24-47-31-18-20-32(21-19-31)48(45,46)41-30-16-14-29(39)15-17-30/h1-21,35,41H,22-24H2,(H,40,44)/t35-/m0/s1. The van der Waals surface area contributed by atoms with E-state index in [1.165, 1.54) is 41.3 Å². The van der Waals surface area contributed by atoms with Crippen molar-refractivity contribution in [2.75, 3.05) is 11.3 Å². The highest BCUT2D eigenvalue weighted by molar-refractivity contribution is 7.92. The number of anilines is 1. The predicted octanol–water partition coefficient (Wildman–Crippen LogP) is 7.40. The Morgan fingerprint density at radius 3 is 2.10 bits per heavy atom. The first kappa shape index (κ1) is 34.4. The molecule has 0 saturated carbocycles. The van der Waals surface area contributed by atoms with Crippen LogP contribution in [0, 0.1) is 5.82 Å². The van der Waals surface area contributed by atoms with Gasteiger partial charge in [0.2, 0.25) is 5.91 Å². The zero-order valence-electron chi connectivity index (χ0n) is 25.4. The topological polar surface area (TPSA) is 105 Å². The molecule has 5 aromatic rings. The van der Waals surface area contributed by atoms with E-state index < -0.39 is 40.3 Å². The van der Waals surface area contributed by atoms with Gasteiger partial charge < -0.3 is 15.0 Å². The number of rotatable bonds is 13. The Morgan fingerprint density at radius 2 is 1.44 bits per heavy atom. The molecule has 0 aromatic heterocycles. The van der Waals surface area contributed by atoms with E-state index in [9.17, 15) is 22.4 Å². The molecule has 1 atom stereocenters. The Balaban J connectivity index is 1.36. The lowest BCUT2D eigenvalue weighted by molar-refractivity contribution is -0.143. The van der Waals surface area contributed by atoms with Gasteiger partial charge in [-0.2, -0.15) is 0 Å². The van der Waals surface area contributed by atoms with E-state index in [-0.39, 0.29) is 29.4 Å². The first-order valence-electron chi connectivity index (χ1n) is 14.7. The molecule has 0 aliphatic carbocycles. The molecule has 0 saturated heterocycles. The lowest BCUT2D eigenvalue weighted by atomic mass is 10.0. The summed E-state index contributed by atoms with van der Waals surface area (Å²) < 4.78 is 47.1. The molecule has 0 heterocycles. The number of nitrogens with zero attached hydrogens (tertiary/aromatic N) is 1. The number of halogens is 3. The van der Waals surface area contributed by atoms with E-state index in [2.05, 4.69) is 10.0 Å². The fraction of sp³-hybridized carbons (Fsp3) is 0.111. The van der Waals surface area contributed by atoms with Crippen LogP contribution >= 0.6 is 23.2 Å². The molecule has 5 aromatic carbocycles. The third-order valence-corrected chi connectivity index (χ3v) is 9.28. The normalized spacial score (nSPS) is 11.7. The van der Waals surface area contributed by atoms with Crippen LogP contribution in [-0.4, -0.2) is 31.7 Å². The maximum Gasteiger partial charge on any atom is 0.261 e. The van der Waals surface area contributed by atoms with Crippen LogP contribution in [-0.2, 0) is 32.7 Å². The highest BCUT2D eigenvalue weighted by atomic mass is 35.5. The predicted molar refractivity (Wildman–Crippen MR) is 184 cm³/mol. The van der Waals surface area contributed by atoms with Gasteiger partial charge in [0.05, 0.1) is 4.90 Å². The average molecular weight is 707 g/mol. The van der Waals surface area contributed by atoms with E-state index in [0.29, 0.717) is 15.6 Å². The molecule has 12 heteroatoms. The fourth-order valence-corrected chi connectivity index (χ4v) is 6.20. The zero-order chi connectivity index (χ0) is 34.1. The molecule has 0 fully saturated rings. The molecule has 5 rings (SSSR count).